The predicted molar refractivity (Wildman–Crippen MR) is 144 cm³/mol. The maximum atomic E-state index is 14.1. The van der Waals surface area contributed by atoms with E-state index in [1.54, 1.807) is 34.8 Å². The number of methoxy groups -OCH3 is 1. The number of thiophene rings is 1. The predicted octanol–water partition coefficient (Wildman–Crippen LogP) is 5.90. The van der Waals surface area contributed by atoms with Gasteiger partial charge in [-0.2, -0.15) is 0 Å². The highest BCUT2D eigenvalue weighted by molar-refractivity contribution is 7.98. The molecule has 0 saturated carbocycles. The quantitative estimate of drug-likeness (QED) is 0.259. The van der Waals surface area contributed by atoms with Crippen LogP contribution in [0.1, 0.15) is 29.9 Å². The average molecular weight is 539 g/mol. The molecule has 0 spiro atoms. The lowest BCUT2D eigenvalue weighted by molar-refractivity contribution is -0.0379. The molecule has 0 saturated heterocycles. The minimum atomic E-state index is -0.341. The van der Waals surface area contributed by atoms with Crippen LogP contribution >= 0.6 is 34.7 Å². The molecule has 0 fully saturated rings. The topological polar surface area (TPSA) is 70.7 Å². The highest BCUT2D eigenvalue weighted by Crippen LogP contribution is 2.39. The maximum Gasteiger partial charge on any atom is 0.268 e. The fourth-order valence-electron chi connectivity index (χ4n) is 4.49. The summed E-state index contributed by atoms with van der Waals surface area (Å²) in [5.41, 5.74) is 2.46. The van der Waals surface area contributed by atoms with Gasteiger partial charge in [-0.1, -0.05) is 35.5 Å². The molecule has 1 aliphatic heterocycles. The fourth-order valence-corrected chi connectivity index (χ4v) is 6.78. The van der Waals surface area contributed by atoms with Gasteiger partial charge in [0.2, 0.25) is 5.78 Å². The van der Waals surface area contributed by atoms with Crippen molar-refractivity contribution in [1.82, 2.24) is 19.2 Å². The molecule has 7 nitrogen and oxygen atoms in total. The molecule has 0 radical (unpaired) electrons. The van der Waals surface area contributed by atoms with Gasteiger partial charge in [-0.05, 0) is 61.4 Å². The molecule has 6 rings (SSSR count). The average Bonchev–Trinajstić information content (AvgIpc) is 3.45. The van der Waals surface area contributed by atoms with E-state index in [0.29, 0.717) is 40.7 Å². The molecule has 0 unspecified atom stereocenters. The van der Waals surface area contributed by atoms with Gasteiger partial charge in [-0.3, -0.25) is 4.79 Å². The Hall–Kier alpha value is -2.85. The first-order valence-electron chi connectivity index (χ1n) is 11.4. The van der Waals surface area contributed by atoms with Crippen LogP contribution in [0.3, 0.4) is 0 Å². The monoisotopic (exact) mass is 538 g/mol. The molecule has 1 aliphatic rings. The molecule has 0 aliphatic carbocycles. The van der Waals surface area contributed by atoms with Crippen molar-refractivity contribution in [3.63, 3.8) is 0 Å². The van der Waals surface area contributed by atoms with Crippen LogP contribution in [0.25, 0.3) is 21.7 Å². The van der Waals surface area contributed by atoms with Crippen LogP contribution in [0.5, 0.6) is 5.75 Å². The Kier molecular flexibility index (Phi) is 5.83. The molecule has 0 amide bonds. The second kappa shape index (κ2) is 8.92. The molecule has 184 valence electrons. The van der Waals surface area contributed by atoms with Crippen LogP contribution in [-0.2, 0) is 23.5 Å². The number of nitrogens with zero attached hydrogens (tertiary/aromatic N) is 4. The molecule has 3 aromatic heterocycles. The number of hydrogen-bond acceptors (Lipinski definition) is 7. The van der Waals surface area contributed by atoms with Crippen LogP contribution in [0.15, 0.2) is 58.5 Å². The number of aromatic nitrogens is 4. The summed E-state index contributed by atoms with van der Waals surface area (Å²) < 4.78 is 15.1. The standard InChI is InChI=1S/C26H23ClN4O3S2/c1-26(2)12-19-20(13-34-26)36-23-21(19)22(32)30(17-8-10-18(33-3)11-9-17)24-28-29-25(31(23)24)35-14-15-4-6-16(27)7-5-15/h4-11H,12-14H2,1-3H3. The van der Waals surface area contributed by atoms with Gasteiger partial charge in [0.15, 0.2) is 5.16 Å². The summed E-state index contributed by atoms with van der Waals surface area (Å²) in [7, 11) is 1.62. The van der Waals surface area contributed by atoms with E-state index in [2.05, 4.69) is 24.0 Å². The molecule has 2 aromatic carbocycles. The van der Waals surface area contributed by atoms with Crippen molar-refractivity contribution in [1.29, 1.82) is 0 Å². The molecule has 0 atom stereocenters. The highest BCUT2D eigenvalue weighted by atomic mass is 35.5. The SMILES string of the molecule is COc1ccc(-n2c(=O)c3c4c(sc3n3c(SCc5ccc(Cl)cc5)nnc23)COC(C)(C)C4)cc1. The summed E-state index contributed by atoms with van der Waals surface area (Å²) in [4.78, 5) is 16.0. The first-order chi connectivity index (χ1) is 17.3. The Morgan fingerprint density at radius 3 is 2.61 bits per heavy atom. The summed E-state index contributed by atoms with van der Waals surface area (Å²) >= 11 is 9.22. The Morgan fingerprint density at radius 1 is 1.14 bits per heavy atom. The summed E-state index contributed by atoms with van der Waals surface area (Å²) in [6, 6.07) is 15.2. The van der Waals surface area contributed by atoms with E-state index in [4.69, 9.17) is 21.1 Å². The lowest BCUT2D eigenvalue weighted by atomic mass is 9.94. The van der Waals surface area contributed by atoms with Crippen molar-refractivity contribution in [3.05, 3.63) is 79.9 Å². The molecule has 0 N–H and O–H groups in total. The number of fused-ring (bicyclic) bond motifs is 5. The summed E-state index contributed by atoms with van der Waals surface area (Å²) in [5.74, 6) is 1.90. The number of halogens is 1. The lowest BCUT2D eigenvalue weighted by Crippen LogP contribution is -2.32. The highest BCUT2D eigenvalue weighted by Gasteiger charge is 2.32. The third kappa shape index (κ3) is 4.00. The normalized spacial score (nSPS) is 14.9. The van der Waals surface area contributed by atoms with Gasteiger partial charge in [-0.25, -0.2) is 8.97 Å². The van der Waals surface area contributed by atoms with Gasteiger partial charge >= 0.3 is 0 Å². The van der Waals surface area contributed by atoms with Gasteiger partial charge in [0.1, 0.15) is 10.6 Å². The molecule has 4 heterocycles. The number of rotatable bonds is 5. The van der Waals surface area contributed by atoms with E-state index in [1.807, 2.05) is 52.9 Å². The van der Waals surface area contributed by atoms with Crippen LogP contribution in [-0.4, -0.2) is 31.9 Å². The molecule has 10 heteroatoms. The van der Waals surface area contributed by atoms with E-state index in [-0.39, 0.29) is 11.2 Å². The third-order valence-electron chi connectivity index (χ3n) is 6.32. The Labute approximate surface area is 220 Å². The van der Waals surface area contributed by atoms with E-state index in [0.717, 1.165) is 31.7 Å². The van der Waals surface area contributed by atoms with Crippen molar-refractivity contribution in [3.8, 4) is 11.4 Å². The van der Waals surface area contributed by atoms with Crippen molar-refractivity contribution in [2.75, 3.05) is 7.11 Å². The van der Waals surface area contributed by atoms with Crippen LogP contribution in [0, 0.1) is 0 Å². The van der Waals surface area contributed by atoms with Crippen molar-refractivity contribution in [2.45, 2.75) is 43.4 Å². The lowest BCUT2D eigenvalue weighted by Gasteiger charge is -2.29. The minimum absolute atomic E-state index is 0.0977. The number of thioether (sulfide) groups is 1. The van der Waals surface area contributed by atoms with Crippen molar-refractivity contribution >= 4 is 50.7 Å². The van der Waals surface area contributed by atoms with Crippen LogP contribution in [0.2, 0.25) is 5.02 Å². The second-order valence-corrected chi connectivity index (χ2v) is 11.7. The van der Waals surface area contributed by atoms with Crippen LogP contribution < -0.4 is 10.3 Å². The van der Waals surface area contributed by atoms with Crippen molar-refractivity contribution in [2.24, 2.45) is 0 Å². The van der Waals surface area contributed by atoms with Gasteiger partial charge in [0.05, 0.1) is 30.4 Å². The number of hydrogen-bond donors (Lipinski definition) is 0. The first kappa shape index (κ1) is 23.5. The molecular formula is C26H23ClN4O3S2. The Bertz CT molecular complexity index is 1650. The fraction of sp³-hybridized carbons (Fsp3) is 0.269. The largest absolute Gasteiger partial charge is 0.497 e. The van der Waals surface area contributed by atoms with E-state index < -0.39 is 0 Å². The van der Waals surface area contributed by atoms with Crippen LogP contribution in [0.4, 0.5) is 0 Å². The van der Waals surface area contributed by atoms with Crippen molar-refractivity contribution < 1.29 is 9.47 Å². The van der Waals surface area contributed by atoms with Gasteiger partial charge in [0.25, 0.3) is 5.56 Å². The van der Waals surface area contributed by atoms with E-state index >= 15 is 0 Å². The molecule has 0 bridgehead atoms. The van der Waals surface area contributed by atoms with Gasteiger partial charge < -0.3 is 9.47 Å². The zero-order chi connectivity index (χ0) is 25.0. The molecule has 5 aromatic rings. The Morgan fingerprint density at radius 2 is 1.89 bits per heavy atom. The zero-order valence-corrected chi connectivity index (χ0v) is 22.3. The second-order valence-electron chi connectivity index (χ2n) is 9.28. The summed E-state index contributed by atoms with van der Waals surface area (Å²) in [5, 5.41) is 11.1. The van der Waals surface area contributed by atoms with E-state index in [9.17, 15) is 4.79 Å². The smallest absolute Gasteiger partial charge is 0.268 e. The number of benzene rings is 2. The van der Waals surface area contributed by atoms with E-state index in [1.165, 1.54) is 0 Å². The number of ether oxygens (including phenoxy) is 2. The summed E-state index contributed by atoms with van der Waals surface area (Å²) in [6.07, 6.45) is 0.668. The first-order valence-corrected chi connectivity index (χ1v) is 13.6. The molecular weight excluding hydrogens is 516 g/mol. The maximum absolute atomic E-state index is 14.1. The summed E-state index contributed by atoms with van der Waals surface area (Å²) in [6.45, 7) is 4.61. The minimum Gasteiger partial charge on any atom is -0.497 e. The van der Waals surface area contributed by atoms with Gasteiger partial charge in [-0.15, -0.1) is 21.5 Å². The zero-order valence-electron chi connectivity index (χ0n) is 19.9. The molecule has 36 heavy (non-hydrogen) atoms. The Balaban J connectivity index is 1.58. The third-order valence-corrected chi connectivity index (χ3v) is 8.76. The van der Waals surface area contributed by atoms with Gasteiger partial charge in [0, 0.05) is 22.1 Å².